The first-order valence-electron chi connectivity index (χ1n) is 6.85. The zero-order valence-electron chi connectivity index (χ0n) is 12.0. The number of piperidine rings is 1. The lowest BCUT2D eigenvalue weighted by Gasteiger charge is -2.35. The average Bonchev–Trinajstić information content (AvgIpc) is 2.37. The van der Waals surface area contributed by atoms with Crippen LogP contribution in [0.15, 0.2) is 23.1 Å². The van der Waals surface area contributed by atoms with Crippen LogP contribution in [0.5, 0.6) is 0 Å². The molecular formula is C14H19FN2O2S2. The lowest BCUT2D eigenvalue weighted by atomic mass is 9.95. The molecule has 1 aliphatic heterocycles. The number of benzene rings is 1. The molecule has 0 aliphatic carbocycles. The smallest absolute Gasteiger partial charge is 0.244 e. The topological polar surface area (TPSA) is 63.4 Å². The Hall–Kier alpha value is -1.05. The molecule has 4 nitrogen and oxygen atoms in total. The molecule has 2 unspecified atom stereocenters. The summed E-state index contributed by atoms with van der Waals surface area (Å²) in [5.41, 5.74) is 5.31. The summed E-state index contributed by atoms with van der Waals surface area (Å²) in [6.45, 7) is 4.40. The molecular weight excluding hydrogens is 311 g/mol. The molecule has 2 atom stereocenters. The minimum atomic E-state index is -3.81. The van der Waals surface area contributed by atoms with Crippen LogP contribution in [-0.4, -0.2) is 30.3 Å². The molecule has 1 saturated heterocycles. The van der Waals surface area contributed by atoms with E-state index in [0.29, 0.717) is 12.5 Å². The highest BCUT2D eigenvalue weighted by Crippen LogP contribution is 2.30. The Bertz CT molecular complexity index is 661. The number of nitrogens with two attached hydrogens (primary N) is 1. The molecule has 1 fully saturated rings. The van der Waals surface area contributed by atoms with Gasteiger partial charge in [-0.2, -0.15) is 4.31 Å². The standard InChI is InChI=1S/C14H19FN2O2S2/c1-9-6-7-17(10(2)8-9)21(18,19)12-5-3-4-11(15)13(12)14(16)20/h3-5,9-10H,6-8H2,1-2H3,(H2,16,20). The third-order valence-electron chi connectivity index (χ3n) is 3.89. The third kappa shape index (κ3) is 3.09. The molecule has 0 amide bonds. The fourth-order valence-electron chi connectivity index (χ4n) is 2.83. The Morgan fingerprint density at radius 3 is 2.67 bits per heavy atom. The van der Waals surface area contributed by atoms with Crippen LogP contribution >= 0.6 is 12.2 Å². The summed E-state index contributed by atoms with van der Waals surface area (Å²) in [6.07, 6.45) is 1.58. The number of halogens is 1. The highest BCUT2D eigenvalue weighted by atomic mass is 32.2. The van der Waals surface area contributed by atoms with Crippen LogP contribution in [0.3, 0.4) is 0 Å². The van der Waals surface area contributed by atoms with Crippen molar-refractivity contribution < 1.29 is 12.8 Å². The zero-order chi connectivity index (χ0) is 15.8. The van der Waals surface area contributed by atoms with Crippen molar-refractivity contribution >= 4 is 27.2 Å². The van der Waals surface area contributed by atoms with Crippen LogP contribution in [0.2, 0.25) is 0 Å². The van der Waals surface area contributed by atoms with Crippen molar-refractivity contribution in [3.8, 4) is 0 Å². The SMILES string of the molecule is CC1CCN(S(=O)(=O)c2cccc(F)c2C(N)=S)C(C)C1. The molecule has 1 aromatic carbocycles. The highest BCUT2D eigenvalue weighted by Gasteiger charge is 2.35. The van der Waals surface area contributed by atoms with Gasteiger partial charge in [0.2, 0.25) is 10.0 Å². The van der Waals surface area contributed by atoms with Crippen molar-refractivity contribution in [2.45, 2.75) is 37.6 Å². The fraction of sp³-hybridized carbons (Fsp3) is 0.500. The molecule has 1 aliphatic rings. The summed E-state index contributed by atoms with van der Waals surface area (Å²) in [4.78, 5) is -0.388. The van der Waals surface area contributed by atoms with Gasteiger partial charge in [-0.25, -0.2) is 12.8 Å². The van der Waals surface area contributed by atoms with E-state index in [0.717, 1.165) is 18.9 Å². The summed E-state index contributed by atoms with van der Waals surface area (Å²) in [5, 5.41) is 0. The van der Waals surface area contributed by atoms with Gasteiger partial charge in [0.15, 0.2) is 0 Å². The second kappa shape index (κ2) is 5.98. The minimum absolute atomic E-state index is 0.124. The van der Waals surface area contributed by atoms with Crippen LogP contribution in [0.1, 0.15) is 32.3 Å². The van der Waals surface area contributed by atoms with Crippen molar-refractivity contribution in [2.75, 3.05) is 6.54 Å². The van der Waals surface area contributed by atoms with E-state index in [9.17, 15) is 12.8 Å². The quantitative estimate of drug-likeness (QED) is 0.864. The Morgan fingerprint density at radius 2 is 2.10 bits per heavy atom. The van der Waals surface area contributed by atoms with Crippen molar-refractivity contribution in [3.63, 3.8) is 0 Å². The first-order chi connectivity index (χ1) is 9.75. The molecule has 21 heavy (non-hydrogen) atoms. The maximum absolute atomic E-state index is 13.9. The number of nitrogens with zero attached hydrogens (tertiary/aromatic N) is 1. The second-order valence-electron chi connectivity index (χ2n) is 5.57. The molecule has 0 radical (unpaired) electrons. The van der Waals surface area contributed by atoms with Gasteiger partial charge < -0.3 is 5.73 Å². The summed E-state index contributed by atoms with van der Waals surface area (Å²) in [6, 6.07) is 3.76. The van der Waals surface area contributed by atoms with E-state index in [1.165, 1.54) is 16.4 Å². The van der Waals surface area contributed by atoms with Gasteiger partial charge >= 0.3 is 0 Å². The molecule has 0 aromatic heterocycles. The normalized spacial score (nSPS) is 24.0. The monoisotopic (exact) mass is 330 g/mol. The highest BCUT2D eigenvalue weighted by molar-refractivity contribution is 7.89. The van der Waals surface area contributed by atoms with Crippen molar-refractivity contribution in [2.24, 2.45) is 11.7 Å². The van der Waals surface area contributed by atoms with Gasteiger partial charge in [0.1, 0.15) is 10.8 Å². The Morgan fingerprint density at radius 1 is 1.43 bits per heavy atom. The molecule has 2 N–H and O–H groups in total. The van der Waals surface area contributed by atoms with Gasteiger partial charge in [-0.15, -0.1) is 0 Å². The third-order valence-corrected chi connectivity index (χ3v) is 6.15. The lowest BCUT2D eigenvalue weighted by molar-refractivity contribution is 0.220. The number of hydrogen-bond donors (Lipinski definition) is 1. The van der Waals surface area contributed by atoms with E-state index in [2.05, 4.69) is 6.92 Å². The van der Waals surface area contributed by atoms with E-state index in [-0.39, 0.29) is 21.5 Å². The van der Waals surface area contributed by atoms with Crippen LogP contribution in [0.25, 0.3) is 0 Å². The second-order valence-corrected chi connectivity index (χ2v) is 7.87. The molecule has 2 rings (SSSR count). The average molecular weight is 330 g/mol. The molecule has 0 bridgehead atoms. The van der Waals surface area contributed by atoms with Crippen LogP contribution in [-0.2, 0) is 10.0 Å². The predicted octanol–water partition coefficient (Wildman–Crippen LogP) is 2.27. The van der Waals surface area contributed by atoms with Crippen molar-refractivity contribution in [1.82, 2.24) is 4.31 Å². The van der Waals surface area contributed by atoms with E-state index in [1.807, 2.05) is 6.92 Å². The molecule has 1 aromatic rings. The zero-order valence-corrected chi connectivity index (χ0v) is 13.7. The Labute approximate surface area is 130 Å². The van der Waals surface area contributed by atoms with Crippen LogP contribution in [0, 0.1) is 11.7 Å². The summed E-state index contributed by atoms with van der Waals surface area (Å²) in [5.74, 6) is -0.226. The maximum Gasteiger partial charge on any atom is 0.244 e. The Balaban J connectivity index is 2.50. The van der Waals surface area contributed by atoms with E-state index < -0.39 is 15.8 Å². The van der Waals surface area contributed by atoms with Gasteiger partial charge in [-0.3, -0.25) is 0 Å². The van der Waals surface area contributed by atoms with Gasteiger partial charge in [-0.05, 0) is 37.8 Å². The van der Waals surface area contributed by atoms with Crippen LogP contribution < -0.4 is 5.73 Å². The summed E-state index contributed by atoms with van der Waals surface area (Å²) < 4.78 is 41.0. The van der Waals surface area contributed by atoms with Crippen molar-refractivity contribution in [3.05, 3.63) is 29.6 Å². The van der Waals surface area contributed by atoms with E-state index in [1.54, 1.807) is 0 Å². The first kappa shape index (κ1) is 16.3. The van der Waals surface area contributed by atoms with Crippen LogP contribution in [0.4, 0.5) is 4.39 Å². The number of thiocarbonyl (C=S) groups is 1. The molecule has 0 spiro atoms. The summed E-state index contributed by atoms with van der Waals surface area (Å²) >= 11 is 4.81. The van der Waals surface area contributed by atoms with Gasteiger partial charge in [0.25, 0.3) is 0 Å². The number of hydrogen-bond acceptors (Lipinski definition) is 3. The molecule has 0 saturated carbocycles. The fourth-order valence-corrected chi connectivity index (χ4v) is 4.97. The van der Waals surface area contributed by atoms with E-state index >= 15 is 0 Å². The van der Waals surface area contributed by atoms with Gasteiger partial charge in [-0.1, -0.05) is 25.2 Å². The molecule has 116 valence electrons. The minimum Gasteiger partial charge on any atom is -0.389 e. The number of sulfonamides is 1. The lowest BCUT2D eigenvalue weighted by Crippen LogP contribution is -2.44. The largest absolute Gasteiger partial charge is 0.389 e. The van der Waals surface area contributed by atoms with E-state index in [4.69, 9.17) is 18.0 Å². The predicted molar refractivity (Wildman–Crippen MR) is 84.0 cm³/mol. The molecule has 1 heterocycles. The van der Waals surface area contributed by atoms with Gasteiger partial charge in [0.05, 0.1) is 10.5 Å². The first-order valence-corrected chi connectivity index (χ1v) is 8.70. The number of rotatable bonds is 3. The van der Waals surface area contributed by atoms with Crippen molar-refractivity contribution in [1.29, 1.82) is 0 Å². The maximum atomic E-state index is 13.9. The van der Waals surface area contributed by atoms with Gasteiger partial charge in [0, 0.05) is 12.6 Å². The Kier molecular flexibility index (Phi) is 4.65. The summed E-state index contributed by atoms with van der Waals surface area (Å²) in [7, 11) is -3.81. The molecule has 7 heteroatoms.